The molecule has 18 heavy (non-hydrogen) atoms. The van der Waals surface area contributed by atoms with E-state index in [9.17, 15) is 13.6 Å². The van der Waals surface area contributed by atoms with Crippen LogP contribution in [-0.2, 0) is 11.2 Å². The van der Waals surface area contributed by atoms with E-state index in [-0.39, 0.29) is 17.7 Å². The van der Waals surface area contributed by atoms with Crippen LogP contribution in [0, 0.1) is 11.3 Å². The van der Waals surface area contributed by atoms with Gasteiger partial charge in [-0.3, -0.25) is 0 Å². The number of alkyl halides is 2. The Balaban J connectivity index is 3.48. The second-order valence-electron chi connectivity index (χ2n) is 3.55. The summed E-state index contributed by atoms with van der Waals surface area (Å²) in [5, 5.41) is 8.99. The van der Waals surface area contributed by atoms with Crippen molar-refractivity contribution in [2.24, 2.45) is 0 Å². The molecule has 0 aromatic heterocycles. The van der Waals surface area contributed by atoms with E-state index < -0.39 is 18.0 Å². The lowest BCUT2D eigenvalue weighted by Crippen LogP contribution is -2.12. The van der Waals surface area contributed by atoms with Gasteiger partial charge in [0.15, 0.2) is 0 Å². The van der Waals surface area contributed by atoms with Gasteiger partial charge in [0.05, 0.1) is 17.7 Å². The normalized spacial score (nSPS) is 10.2. The predicted molar refractivity (Wildman–Crippen MR) is 61.4 cm³/mol. The van der Waals surface area contributed by atoms with Gasteiger partial charge < -0.3 is 4.74 Å². The molecule has 5 heteroatoms. The van der Waals surface area contributed by atoms with Crippen molar-refractivity contribution in [2.75, 3.05) is 6.61 Å². The summed E-state index contributed by atoms with van der Waals surface area (Å²) in [5.74, 6) is -0.728. The van der Waals surface area contributed by atoms with E-state index in [1.165, 1.54) is 12.1 Å². The van der Waals surface area contributed by atoms with Crippen molar-refractivity contribution < 1.29 is 18.3 Å². The summed E-state index contributed by atoms with van der Waals surface area (Å²) in [7, 11) is 0. The number of halogens is 2. The van der Waals surface area contributed by atoms with Gasteiger partial charge >= 0.3 is 5.97 Å². The van der Waals surface area contributed by atoms with E-state index in [2.05, 4.69) is 0 Å². The third kappa shape index (κ3) is 2.65. The molecule has 0 aliphatic carbocycles. The van der Waals surface area contributed by atoms with Crippen LogP contribution in [0.1, 0.15) is 47.3 Å². The van der Waals surface area contributed by atoms with E-state index in [0.29, 0.717) is 12.0 Å². The third-order valence-electron chi connectivity index (χ3n) is 2.53. The number of hydrogen-bond acceptors (Lipinski definition) is 3. The van der Waals surface area contributed by atoms with Crippen LogP contribution in [0.5, 0.6) is 0 Å². The predicted octanol–water partition coefficient (Wildman–Crippen LogP) is 3.23. The first-order valence-electron chi connectivity index (χ1n) is 5.57. The molecule has 1 aromatic carbocycles. The van der Waals surface area contributed by atoms with Gasteiger partial charge in [-0.25, -0.2) is 13.6 Å². The molecule has 0 heterocycles. The number of carbonyl (C=O) groups excluding carboxylic acids is 1. The Labute approximate surface area is 104 Å². The van der Waals surface area contributed by atoms with Crippen LogP contribution in [0.15, 0.2) is 12.1 Å². The lowest BCUT2D eigenvalue weighted by molar-refractivity contribution is 0.0524. The van der Waals surface area contributed by atoms with Crippen molar-refractivity contribution in [3.05, 3.63) is 34.4 Å². The molecule has 0 radical (unpaired) electrons. The van der Waals surface area contributed by atoms with E-state index in [4.69, 9.17) is 10.00 Å². The molecule has 0 saturated carbocycles. The monoisotopic (exact) mass is 253 g/mol. The Hall–Kier alpha value is -1.96. The molecule has 0 N–H and O–H groups in total. The number of rotatable bonds is 4. The van der Waals surface area contributed by atoms with Crippen LogP contribution >= 0.6 is 0 Å². The standard InChI is InChI=1S/C13H13F2NO2/c1-3-8-5-6-9(12(14)15)10(7-16)11(8)13(17)18-4-2/h5-6,12H,3-4H2,1-2H3. The number of carbonyl (C=O) groups is 1. The Morgan fingerprint density at radius 2 is 2.11 bits per heavy atom. The Bertz CT molecular complexity index is 492. The Morgan fingerprint density at radius 3 is 2.56 bits per heavy atom. The molecule has 0 bridgehead atoms. The number of hydrogen-bond donors (Lipinski definition) is 0. The molecule has 0 amide bonds. The number of esters is 1. The Morgan fingerprint density at radius 1 is 1.44 bits per heavy atom. The minimum absolute atomic E-state index is 0.0420. The fourth-order valence-corrected chi connectivity index (χ4v) is 1.70. The van der Waals surface area contributed by atoms with Crippen molar-refractivity contribution >= 4 is 5.97 Å². The summed E-state index contributed by atoms with van der Waals surface area (Å²) in [6.45, 7) is 3.53. The topological polar surface area (TPSA) is 50.1 Å². The summed E-state index contributed by atoms with van der Waals surface area (Å²) >= 11 is 0. The SMILES string of the molecule is CCOC(=O)c1c(CC)ccc(C(F)F)c1C#N. The summed E-state index contributed by atoms with van der Waals surface area (Å²) in [5.41, 5.74) is -0.227. The van der Waals surface area contributed by atoms with E-state index in [1.54, 1.807) is 19.9 Å². The number of aryl methyl sites for hydroxylation is 1. The van der Waals surface area contributed by atoms with Gasteiger partial charge in [-0.15, -0.1) is 0 Å². The van der Waals surface area contributed by atoms with Crippen LogP contribution in [-0.4, -0.2) is 12.6 Å². The smallest absolute Gasteiger partial charge is 0.339 e. The van der Waals surface area contributed by atoms with Crippen LogP contribution < -0.4 is 0 Å². The van der Waals surface area contributed by atoms with Crippen molar-refractivity contribution in [1.29, 1.82) is 5.26 Å². The van der Waals surface area contributed by atoms with E-state index >= 15 is 0 Å². The number of benzene rings is 1. The molecular weight excluding hydrogens is 240 g/mol. The molecule has 0 unspecified atom stereocenters. The average molecular weight is 253 g/mol. The van der Waals surface area contributed by atoms with Crippen LogP contribution in [0.4, 0.5) is 8.78 Å². The highest BCUT2D eigenvalue weighted by molar-refractivity contribution is 5.94. The molecule has 96 valence electrons. The third-order valence-corrected chi connectivity index (χ3v) is 2.53. The lowest BCUT2D eigenvalue weighted by Gasteiger charge is -2.12. The fraction of sp³-hybridized carbons (Fsp3) is 0.385. The fourth-order valence-electron chi connectivity index (χ4n) is 1.70. The second-order valence-corrected chi connectivity index (χ2v) is 3.55. The van der Waals surface area contributed by atoms with Gasteiger partial charge in [-0.05, 0) is 18.9 Å². The number of nitrogens with zero attached hydrogens (tertiary/aromatic N) is 1. The first-order valence-corrected chi connectivity index (χ1v) is 5.57. The highest BCUT2D eigenvalue weighted by Crippen LogP contribution is 2.28. The van der Waals surface area contributed by atoms with E-state index in [1.807, 2.05) is 0 Å². The zero-order valence-corrected chi connectivity index (χ0v) is 10.2. The maximum atomic E-state index is 12.8. The first kappa shape index (κ1) is 14.1. The molecule has 0 saturated heterocycles. The van der Waals surface area contributed by atoms with Crippen molar-refractivity contribution in [2.45, 2.75) is 26.7 Å². The zero-order valence-electron chi connectivity index (χ0n) is 10.2. The van der Waals surface area contributed by atoms with Crippen molar-refractivity contribution in [3.63, 3.8) is 0 Å². The maximum absolute atomic E-state index is 12.8. The molecule has 0 aliphatic heterocycles. The Kier molecular flexibility index (Phi) is 4.78. The summed E-state index contributed by atoms with van der Waals surface area (Å²) in [6, 6.07) is 4.30. The molecular formula is C13H13F2NO2. The van der Waals surface area contributed by atoms with Gasteiger partial charge in [0, 0.05) is 5.56 Å². The highest BCUT2D eigenvalue weighted by Gasteiger charge is 2.23. The zero-order chi connectivity index (χ0) is 13.7. The van der Waals surface area contributed by atoms with Gasteiger partial charge in [-0.1, -0.05) is 19.1 Å². The quantitative estimate of drug-likeness (QED) is 0.774. The van der Waals surface area contributed by atoms with Gasteiger partial charge in [-0.2, -0.15) is 5.26 Å². The molecule has 3 nitrogen and oxygen atoms in total. The summed E-state index contributed by atoms with van der Waals surface area (Å²) in [4.78, 5) is 11.8. The molecule has 1 aromatic rings. The first-order chi connectivity index (χ1) is 8.56. The summed E-state index contributed by atoms with van der Waals surface area (Å²) in [6.07, 6.45) is -2.33. The van der Waals surface area contributed by atoms with Crippen LogP contribution in [0.25, 0.3) is 0 Å². The lowest BCUT2D eigenvalue weighted by atomic mass is 9.95. The molecule has 0 fully saturated rings. The summed E-state index contributed by atoms with van der Waals surface area (Å²) < 4.78 is 30.4. The van der Waals surface area contributed by atoms with Crippen LogP contribution in [0.3, 0.4) is 0 Å². The number of nitriles is 1. The van der Waals surface area contributed by atoms with E-state index in [0.717, 1.165) is 0 Å². The van der Waals surface area contributed by atoms with Gasteiger partial charge in [0.25, 0.3) is 6.43 Å². The maximum Gasteiger partial charge on any atom is 0.339 e. The minimum Gasteiger partial charge on any atom is -0.462 e. The van der Waals surface area contributed by atoms with Gasteiger partial charge in [0.1, 0.15) is 6.07 Å². The van der Waals surface area contributed by atoms with Gasteiger partial charge in [0.2, 0.25) is 0 Å². The minimum atomic E-state index is -2.79. The van der Waals surface area contributed by atoms with Crippen molar-refractivity contribution in [3.8, 4) is 6.07 Å². The molecule has 0 atom stereocenters. The van der Waals surface area contributed by atoms with Crippen molar-refractivity contribution in [1.82, 2.24) is 0 Å². The second kappa shape index (κ2) is 6.10. The highest BCUT2D eigenvalue weighted by atomic mass is 19.3. The van der Waals surface area contributed by atoms with Crippen LogP contribution in [0.2, 0.25) is 0 Å². The number of ether oxygens (including phenoxy) is 1. The molecule has 0 spiro atoms. The molecule has 1 rings (SSSR count). The molecule has 0 aliphatic rings. The largest absolute Gasteiger partial charge is 0.462 e. The average Bonchev–Trinajstić information content (AvgIpc) is 2.36.